The molecule has 1 saturated carbocycles. The standard InChI is InChI=1S/C24H28F2N4O2/c1-15-22(24(31)29-20(13-27)18-10-9-17(25)12-19(18)26)30-11-5-8-21(23(30)28-15)32-14-16-6-3-2-4-7-16/h5,8-12,16,20H,2-4,6-7,13-14,27H2,1H3,(H,29,31). The van der Waals surface area contributed by atoms with E-state index in [1.165, 1.54) is 38.2 Å². The summed E-state index contributed by atoms with van der Waals surface area (Å²) in [5, 5.41) is 2.75. The minimum atomic E-state index is -0.807. The number of hydrogen-bond donors (Lipinski definition) is 2. The van der Waals surface area contributed by atoms with Crippen molar-refractivity contribution in [2.75, 3.05) is 13.2 Å². The molecule has 170 valence electrons. The van der Waals surface area contributed by atoms with E-state index in [1.54, 1.807) is 23.6 Å². The molecule has 2 aromatic heterocycles. The summed E-state index contributed by atoms with van der Waals surface area (Å²) in [5.74, 6) is -0.724. The van der Waals surface area contributed by atoms with Gasteiger partial charge in [-0.15, -0.1) is 0 Å². The van der Waals surface area contributed by atoms with Crippen LogP contribution in [0.2, 0.25) is 0 Å². The van der Waals surface area contributed by atoms with Crippen LogP contribution in [0.1, 0.15) is 59.9 Å². The van der Waals surface area contributed by atoms with E-state index in [2.05, 4.69) is 10.3 Å². The summed E-state index contributed by atoms with van der Waals surface area (Å²) in [4.78, 5) is 17.7. The average molecular weight is 443 g/mol. The highest BCUT2D eigenvalue weighted by molar-refractivity contribution is 5.95. The van der Waals surface area contributed by atoms with Gasteiger partial charge in [-0.05, 0) is 43.9 Å². The number of nitrogens with two attached hydrogens (primary N) is 1. The maximum atomic E-state index is 14.2. The molecule has 32 heavy (non-hydrogen) atoms. The summed E-state index contributed by atoms with van der Waals surface area (Å²) in [6.07, 6.45) is 7.85. The topological polar surface area (TPSA) is 81.7 Å². The van der Waals surface area contributed by atoms with E-state index in [0.717, 1.165) is 12.1 Å². The van der Waals surface area contributed by atoms with Crippen molar-refractivity contribution >= 4 is 11.6 Å². The van der Waals surface area contributed by atoms with E-state index in [-0.39, 0.29) is 12.1 Å². The fourth-order valence-corrected chi connectivity index (χ4v) is 4.38. The molecule has 6 nitrogen and oxygen atoms in total. The third-order valence-corrected chi connectivity index (χ3v) is 6.08. The number of halogens is 2. The van der Waals surface area contributed by atoms with Gasteiger partial charge in [0.2, 0.25) is 0 Å². The number of hydrogen-bond acceptors (Lipinski definition) is 4. The Bertz CT molecular complexity index is 1110. The van der Waals surface area contributed by atoms with Crippen LogP contribution in [0, 0.1) is 24.5 Å². The monoisotopic (exact) mass is 442 g/mol. The van der Waals surface area contributed by atoms with Crippen LogP contribution in [0.5, 0.6) is 5.75 Å². The molecule has 1 unspecified atom stereocenters. The summed E-state index contributed by atoms with van der Waals surface area (Å²) in [6.45, 7) is 2.33. The number of rotatable bonds is 7. The zero-order chi connectivity index (χ0) is 22.7. The van der Waals surface area contributed by atoms with Crippen molar-refractivity contribution in [1.29, 1.82) is 0 Å². The van der Waals surface area contributed by atoms with E-state index in [0.29, 0.717) is 35.3 Å². The summed E-state index contributed by atoms with van der Waals surface area (Å²) < 4.78 is 35.2. The first-order chi connectivity index (χ1) is 15.5. The largest absolute Gasteiger partial charge is 0.489 e. The van der Waals surface area contributed by atoms with E-state index in [1.807, 2.05) is 6.07 Å². The van der Waals surface area contributed by atoms with Gasteiger partial charge in [0.1, 0.15) is 17.3 Å². The molecular weight excluding hydrogens is 414 g/mol. The van der Waals surface area contributed by atoms with Gasteiger partial charge in [-0.3, -0.25) is 9.20 Å². The number of imidazole rings is 1. The predicted octanol–water partition coefficient (Wildman–Crippen LogP) is 4.31. The van der Waals surface area contributed by atoms with Crippen LogP contribution in [0.3, 0.4) is 0 Å². The van der Waals surface area contributed by atoms with Crippen LogP contribution in [0.15, 0.2) is 36.5 Å². The minimum absolute atomic E-state index is 0.0418. The zero-order valence-electron chi connectivity index (χ0n) is 18.1. The van der Waals surface area contributed by atoms with Crippen molar-refractivity contribution in [3.63, 3.8) is 0 Å². The molecule has 1 aromatic carbocycles. The molecule has 0 radical (unpaired) electrons. The van der Waals surface area contributed by atoms with Crippen molar-refractivity contribution in [2.45, 2.75) is 45.1 Å². The van der Waals surface area contributed by atoms with Gasteiger partial charge in [-0.1, -0.05) is 25.3 Å². The van der Waals surface area contributed by atoms with Crippen molar-refractivity contribution < 1.29 is 18.3 Å². The maximum absolute atomic E-state index is 14.2. The number of pyridine rings is 1. The Morgan fingerprint density at radius 2 is 2.06 bits per heavy atom. The Morgan fingerprint density at radius 3 is 2.78 bits per heavy atom. The molecule has 0 spiro atoms. The first kappa shape index (κ1) is 22.2. The zero-order valence-corrected chi connectivity index (χ0v) is 18.1. The maximum Gasteiger partial charge on any atom is 0.270 e. The van der Waals surface area contributed by atoms with Crippen molar-refractivity contribution in [3.05, 3.63) is 65.1 Å². The third kappa shape index (κ3) is 4.60. The molecule has 8 heteroatoms. The van der Waals surface area contributed by atoms with E-state index in [9.17, 15) is 13.6 Å². The summed E-state index contributed by atoms with van der Waals surface area (Å²) in [6, 6.07) is 6.06. The molecule has 1 aliphatic carbocycles. The van der Waals surface area contributed by atoms with Crippen LogP contribution in [0.4, 0.5) is 8.78 Å². The van der Waals surface area contributed by atoms with Crippen LogP contribution in [-0.4, -0.2) is 28.4 Å². The van der Waals surface area contributed by atoms with Crippen LogP contribution < -0.4 is 15.8 Å². The lowest BCUT2D eigenvalue weighted by Gasteiger charge is -2.21. The molecule has 1 fully saturated rings. The number of nitrogens with zero attached hydrogens (tertiary/aromatic N) is 2. The number of amides is 1. The summed E-state index contributed by atoms with van der Waals surface area (Å²) in [7, 11) is 0. The first-order valence-corrected chi connectivity index (χ1v) is 11.0. The van der Waals surface area contributed by atoms with Crippen molar-refractivity contribution in [3.8, 4) is 5.75 Å². The van der Waals surface area contributed by atoms with Crippen molar-refractivity contribution in [2.24, 2.45) is 11.7 Å². The molecule has 2 heterocycles. The lowest BCUT2D eigenvalue weighted by Crippen LogP contribution is -2.35. The summed E-state index contributed by atoms with van der Waals surface area (Å²) >= 11 is 0. The van der Waals surface area contributed by atoms with Crippen LogP contribution >= 0.6 is 0 Å². The second-order valence-corrected chi connectivity index (χ2v) is 8.35. The number of benzene rings is 1. The molecule has 3 N–H and O–H groups in total. The third-order valence-electron chi connectivity index (χ3n) is 6.08. The van der Waals surface area contributed by atoms with Crippen LogP contribution in [-0.2, 0) is 0 Å². The average Bonchev–Trinajstić information content (AvgIpc) is 3.13. The van der Waals surface area contributed by atoms with Crippen LogP contribution in [0.25, 0.3) is 5.65 Å². The Labute approximate surface area is 185 Å². The molecule has 4 rings (SSSR count). The molecule has 1 amide bonds. The lowest BCUT2D eigenvalue weighted by molar-refractivity contribution is 0.0930. The fraction of sp³-hybridized carbons (Fsp3) is 0.417. The first-order valence-electron chi connectivity index (χ1n) is 11.0. The van der Waals surface area contributed by atoms with Gasteiger partial charge in [0, 0.05) is 24.4 Å². The normalized spacial score (nSPS) is 15.6. The second-order valence-electron chi connectivity index (χ2n) is 8.35. The van der Waals surface area contributed by atoms with E-state index >= 15 is 0 Å². The van der Waals surface area contributed by atoms with Crippen molar-refractivity contribution in [1.82, 2.24) is 14.7 Å². The Morgan fingerprint density at radius 1 is 1.28 bits per heavy atom. The van der Waals surface area contributed by atoms with Gasteiger partial charge in [0.15, 0.2) is 11.4 Å². The SMILES string of the molecule is Cc1nc2c(OCC3CCCCC3)cccn2c1C(=O)NC(CN)c1ccc(F)cc1F. The smallest absolute Gasteiger partial charge is 0.270 e. The number of nitrogens with one attached hydrogen (secondary N) is 1. The molecule has 1 aliphatic rings. The predicted molar refractivity (Wildman–Crippen MR) is 118 cm³/mol. The highest BCUT2D eigenvalue weighted by atomic mass is 19.1. The lowest BCUT2D eigenvalue weighted by atomic mass is 9.90. The minimum Gasteiger partial charge on any atom is -0.489 e. The molecule has 0 saturated heterocycles. The second kappa shape index (κ2) is 9.65. The number of ether oxygens (including phenoxy) is 1. The fourth-order valence-electron chi connectivity index (χ4n) is 4.38. The Kier molecular flexibility index (Phi) is 6.69. The Balaban J connectivity index is 1.56. The molecule has 3 aromatic rings. The van der Waals surface area contributed by atoms with E-state index in [4.69, 9.17) is 10.5 Å². The Hall–Kier alpha value is -3.00. The van der Waals surface area contributed by atoms with Gasteiger partial charge in [-0.2, -0.15) is 0 Å². The number of fused-ring (bicyclic) bond motifs is 1. The van der Waals surface area contributed by atoms with Gasteiger partial charge >= 0.3 is 0 Å². The number of carbonyl (C=O) groups is 1. The highest BCUT2D eigenvalue weighted by Gasteiger charge is 2.24. The van der Waals surface area contributed by atoms with E-state index < -0.39 is 23.6 Å². The number of carbonyl (C=O) groups excluding carboxylic acids is 1. The molecule has 1 atom stereocenters. The van der Waals surface area contributed by atoms with Gasteiger partial charge in [0.25, 0.3) is 5.91 Å². The van der Waals surface area contributed by atoms with Gasteiger partial charge < -0.3 is 15.8 Å². The molecule has 0 bridgehead atoms. The summed E-state index contributed by atoms with van der Waals surface area (Å²) in [5.41, 5.74) is 7.31. The number of aromatic nitrogens is 2. The highest BCUT2D eigenvalue weighted by Crippen LogP contribution is 2.27. The van der Waals surface area contributed by atoms with Gasteiger partial charge in [-0.25, -0.2) is 13.8 Å². The van der Waals surface area contributed by atoms with Gasteiger partial charge in [0.05, 0.1) is 18.3 Å². The molecular formula is C24H28F2N4O2. The number of aryl methyl sites for hydroxylation is 1. The molecule has 0 aliphatic heterocycles. The quantitative estimate of drug-likeness (QED) is 0.571.